The summed E-state index contributed by atoms with van der Waals surface area (Å²) in [5.41, 5.74) is 6.24. The van der Waals surface area contributed by atoms with Gasteiger partial charge in [-0.1, -0.05) is 0 Å². The molecule has 0 unspecified atom stereocenters. The second kappa shape index (κ2) is 6.47. The van der Waals surface area contributed by atoms with Gasteiger partial charge in [-0.05, 0) is 48.5 Å². The fraction of sp³-hybridized carbons (Fsp3) is 0.143. The van der Waals surface area contributed by atoms with E-state index < -0.39 is 10.0 Å². The third-order valence-electron chi connectivity index (χ3n) is 2.65. The molecule has 0 atom stereocenters. The molecule has 0 amide bonds. The van der Waals surface area contributed by atoms with E-state index in [1.165, 1.54) is 12.1 Å². The van der Waals surface area contributed by atoms with Gasteiger partial charge in [0.25, 0.3) is 0 Å². The minimum Gasteiger partial charge on any atom is -0.490 e. The molecule has 0 saturated heterocycles. The topological polar surface area (TPSA) is 105 Å². The summed E-state index contributed by atoms with van der Waals surface area (Å²) in [4.78, 5) is 0.0491. The molecule has 0 radical (unpaired) electrons. The highest BCUT2D eigenvalue weighted by Crippen LogP contribution is 2.15. The number of benzene rings is 2. The smallest absolute Gasteiger partial charge is 0.238 e. The zero-order valence-corrected chi connectivity index (χ0v) is 12.0. The Labute approximate surface area is 123 Å². The van der Waals surface area contributed by atoms with Gasteiger partial charge in [-0.25, -0.2) is 13.6 Å². The molecule has 7 heteroatoms. The van der Waals surface area contributed by atoms with Crippen LogP contribution in [0.3, 0.4) is 0 Å². The van der Waals surface area contributed by atoms with Crippen LogP contribution in [-0.2, 0) is 10.0 Å². The normalized spacial score (nSPS) is 11.1. The van der Waals surface area contributed by atoms with Gasteiger partial charge < -0.3 is 15.2 Å². The maximum absolute atomic E-state index is 11.1. The van der Waals surface area contributed by atoms with Crippen LogP contribution in [-0.4, -0.2) is 21.6 Å². The number of rotatable bonds is 6. The standard InChI is InChI=1S/C14H16N2O4S/c15-11-1-3-12(4-2-11)19-9-10-20-13-5-7-14(8-6-13)21(16,17)18/h1-8H,9-10,15H2,(H2,16,17,18). The highest BCUT2D eigenvalue weighted by molar-refractivity contribution is 7.89. The van der Waals surface area contributed by atoms with E-state index in [4.69, 9.17) is 20.3 Å². The summed E-state index contributed by atoms with van der Waals surface area (Å²) in [6, 6.07) is 12.9. The summed E-state index contributed by atoms with van der Waals surface area (Å²) in [5.74, 6) is 1.25. The first-order valence-electron chi connectivity index (χ1n) is 6.19. The number of anilines is 1. The Bertz CT molecular complexity index is 682. The van der Waals surface area contributed by atoms with Crippen LogP contribution < -0.4 is 20.3 Å². The maximum atomic E-state index is 11.1. The first-order chi connectivity index (χ1) is 9.95. The Morgan fingerprint density at radius 2 is 1.24 bits per heavy atom. The van der Waals surface area contributed by atoms with Crippen LogP contribution in [0, 0.1) is 0 Å². The first kappa shape index (κ1) is 15.1. The number of primary sulfonamides is 1. The zero-order valence-electron chi connectivity index (χ0n) is 11.2. The molecule has 0 aliphatic heterocycles. The molecule has 0 fully saturated rings. The molecule has 2 aromatic rings. The third kappa shape index (κ3) is 4.66. The number of hydrogen-bond donors (Lipinski definition) is 2. The van der Waals surface area contributed by atoms with Crippen LogP contribution in [0.25, 0.3) is 0 Å². The second-order valence-corrected chi connectivity index (χ2v) is 5.84. The van der Waals surface area contributed by atoms with E-state index in [-0.39, 0.29) is 4.90 Å². The van der Waals surface area contributed by atoms with Crippen molar-refractivity contribution in [1.82, 2.24) is 0 Å². The van der Waals surface area contributed by atoms with Crippen LogP contribution >= 0.6 is 0 Å². The third-order valence-corrected chi connectivity index (χ3v) is 3.58. The van der Waals surface area contributed by atoms with E-state index >= 15 is 0 Å². The molecule has 112 valence electrons. The highest BCUT2D eigenvalue weighted by Gasteiger charge is 2.06. The van der Waals surface area contributed by atoms with E-state index in [9.17, 15) is 8.42 Å². The number of ether oxygens (including phenoxy) is 2. The molecule has 0 aliphatic rings. The van der Waals surface area contributed by atoms with Gasteiger partial charge in [0.15, 0.2) is 0 Å². The van der Waals surface area contributed by atoms with Crippen molar-refractivity contribution in [3.63, 3.8) is 0 Å². The lowest BCUT2D eigenvalue weighted by molar-refractivity contribution is 0.217. The predicted octanol–water partition coefficient (Wildman–Crippen LogP) is 1.37. The average molecular weight is 308 g/mol. The average Bonchev–Trinajstić information content (AvgIpc) is 2.45. The van der Waals surface area contributed by atoms with Gasteiger partial charge in [0.05, 0.1) is 4.90 Å². The summed E-state index contributed by atoms with van der Waals surface area (Å²) >= 11 is 0. The van der Waals surface area contributed by atoms with E-state index in [0.29, 0.717) is 30.4 Å². The van der Waals surface area contributed by atoms with Crippen molar-refractivity contribution in [3.8, 4) is 11.5 Å². The van der Waals surface area contributed by atoms with E-state index in [0.717, 1.165) is 0 Å². The van der Waals surface area contributed by atoms with Gasteiger partial charge >= 0.3 is 0 Å². The van der Waals surface area contributed by atoms with Gasteiger partial charge in [0.1, 0.15) is 24.7 Å². The Morgan fingerprint density at radius 3 is 1.67 bits per heavy atom. The minimum absolute atomic E-state index is 0.0491. The Morgan fingerprint density at radius 1 is 0.810 bits per heavy atom. The van der Waals surface area contributed by atoms with Crippen molar-refractivity contribution in [2.75, 3.05) is 18.9 Å². The summed E-state index contributed by atoms with van der Waals surface area (Å²) in [7, 11) is -3.67. The molecule has 0 saturated carbocycles. The molecule has 4 N–H and O–H groups in total. The van der Waals surface area contributed by atoms with Crippen LogP contribution in [0.2, 0.25) is 0 Å². The van der Waals surface area contributed by atoms with Gasteiger partial charge in [-0.2, -0.15) is 0 Å². The lowest BCUT2D eigenvalue weighted by Crippen LogP contribution is -2.12. The molecule has 0 bridgehead atoms. The molecule has 6 nitrogen and oxygen atoms in total. The van der Waals surface area contributed by atoms with Crippen molar-refractivity contribution in [3.05, 3.63) is 48.5 Å². The Balaban J connectivity index is 1.80. The number of sulfonamides is 1. The molecule has 0 aromatic heterocycles. The van der Waals surface area contributed by atoms with Crippen LogP contribution in [0.1, 0.15) is 0 Å². The van der Waals surface area contributed by atoms with E-state index in [1.54, 1.807) is 36.4 Å². The summed E-state index contributed by atoms with van der Waals surface area (Å²) in [5, 5.41) is 5.01. The number of nitrogens with two attached hydrogens (primary N) is 2. The van der Waals surface area contributed by atoms with Crippen molar-refractivity contribution in [1.29, 1.82) is 0 Å². The van der Waals surface area contributed by atoms with Gasteiger partial charge in [0.2, 0.25) is 10.0 Å². The first-order valence-corrected chi connectivity index (χ1v) is 7.74. The van der Waals surface area contributed by atoms with Crippen molar-refractivity contribution < 1.29 is 17.9 Å². The quantitative estimate of drug-likeness (QED) is 0.619. The van der Waals surface area contributed by atoms with E-state index in [2.05, 4.69) is 0 Å². The number of nitrogen functional groups attached to an aromatic ring is 1. The molecular weight excluding hydrogens is 292 g/mol. The predicted molar refractivity (Wildman–Crippen MR) is 79.7 cm³/mol. The highest BCUT2D eigenvalue weighted by atomic mass is 32.2. The summed E-state index contributed by atoms with van der Waals surface area (Å²) in [6.07, 6.45) is 0. The van der Waals surface area contributed by atoms with Crippen LogP contribution in [0.4, 0.5) is 5.69 Å². The maximum Gasteiger partial charge on any atom is 0.238 e. The summed E-state index contributed by atoms with van der Waals surface area (Å²) < 4.78 is 33.1. The van der Waals surface area contributed by atoms with Crippen molar-refractivity contribution in [2.24, 2.45) is 5.14 Å². The lowest BCUT2D eigenvalue weighted by Gasteiger charge is -2.09. The van der Waals surface area contributed by atoms with Crippen molar-refractivity contribution >= 4 is 15.7 Å². The zero-order chi connectivity index (χ0) is 15.3. The summed E-state index contributed by atoms with van der Waals surface area (Å²) in [6.45, 7) is 0.694. The van der Waals surface area contributed by atoms with Crippen molar-refractivity contribution in [2.45, 2.75) is 4.90 Å². The van der Waals surface area contributed by atoms with Gasteiger partial charge in [0, 0.05) is 5.69 Å². The number of hydrogen-bond acceptors (Lipinski definition) is 5. The molecule has 0 heterocycles. The van der Waals surface area contributed by atoms with Gasteiger partial charge in [-0.3, -0.25) is 0 Å². The van der Waals surface area contributed by atoms with Crippen LogP contribution in [0.15, 0.2) is 53.4 Å². The van der Waals surface area contributed by atoms with Crippen LogP contribution in [0.5, 0.6) is 11.5 Å². The molecule has 0 spiro atoms. The molecule has 2 aromatic carbocycles. The Kier molecular flexibility index (Phi) is 4.66. The van der Waals surface area contributed by atoms with E-state index in [1.807, 2.05) is 0 Å². The Hall–Kier alpha value is -2.25. The minimum atomic E-state index is -3.67. The second-order valence-electron chi connectivity index (χ2n) is 4.28. The fourth-order valence-corrected chi connectivity index (χ4v) is 2.12. The molecule has 2 rings (SSSR count). The largest absolute Gasteiger partial charge is 0.490 e. The molecule has 0 aliphatic carbocycles. The van der Waals surface area contributed by atoms with Gasteiger partial charge in [-0.15, -0.1) is 0 Å². The monoisotopic (exact) mass is 308 g/mol. The molecular formula is C14H16N2O4S. The molecule has 21 heavy (non-hydrogen) atoms. The lowest BCUT2D eigenvalue weighted by atomic mass is 10.3. The SMILES string of the molecule is Nc1ccc(OCCOc2ccc(S(N)(=O)=O)cc2)cc1. The fourth-order valence-electron chi connectivity index (χ4n) is 1.61.